The number of hydrogen-bond donors (Lipinski definition) is 0. The Labute approximate surface area is 131 Å². The molecule has 1 fully saturated rings. The maximum absolute atomic E-state index is 12.7. The maximum atomic E-state index is 12.7. The van der Waals surface area contributed by atoms with Gasteiger partial charge in [0.1, 0.15) is 0 Å². The number of pyridine rings is 1. The van der Waals surface area contributed by atoms with Crippen molar-refractivity contribution in [3.05, 3.63) is 47.7 Å². The van der Waals surface area contributed by atoms with Gasteiger partial charge >= 0.3 is 6.03 Å². The van der Waals surface area contributed by atoms with Crippen LogP contribution < -0.4 is 9.80 Å². The Balaban J connectivity index is 1.64. The molecule has 0 radical (unpaired) electrons. The molecule has 1 aromatic carbocycles. The summed E-state index contributed by atoms with van der Waals surface area (Å²) in [6.45, 7) is 3.29. The second kappa shape index (κ2) is 5.06. The normalized spacial score (nSPS) is 15.0. The predicted octanol–water partition coefficient (Wildman–Crippen LogP) is 3.45. The first-order valence-electron chi connectivity index (χ1n) is 7.07. The molecule has 4 rings (SSSR count). The molecule has 0 bridgehead atoms. The lowest BCUT2D eigenvalue weighted by Gasteiger charge is -2.18. The summed E-state index contributed by atoms with van der Waals surface area (Å²) in [5.41, 5.74) is 5.51. The van der Waals surface area contributed by atoms with Crippen LogP contribution in [0.4, 0.5) is 16.2 Å². The van der Waals surface area contributed by atoms with Gasteiger partial charge < -0.3 is 0 Å². The Kier molecular flexibility index (Phi) is 3.04. The van der Waals surface area contributed by atoms with Gasteiger partial charge in [0.05, 0.1) is 27.6 Å². The Hall–Kier alpha value is -2.47. The van der Waals surface area contributed by atoms with E-state index in [1.165, 1.54) is 0 Å². The van der Waals surface area contributed by atoms with Crippen molar-refractivity contribution in [2.24, 2.45) is 0 Å². The van der Waals surface area contributed by atoms with Crippen LogP contribution in [0, 0.1) is 6.92 Å². The number of benzene rings is 1. The van der Waals surface area contributed by atoms with E-state index >= 15 is 0 Å². The molecule has 0 unspecified atom stereocenters. The van der Waals surface area contributed by atoms with E-state index in [4.69, 9.17) is 0 Å². The van der Waals surface area contributed by atoms with Crippen LogP contribution in [0.5, 0.6) is 0 Å². The molecule has 2 amide bonds. The molecule has 110 valence electrons. The Bertz CT molecular complexity index is 843. The highest BCUT2D eigenvalue weighted by Crippen LogP contribution is 2.28. The molecule has 0 atom stereocenters. The average molecular weight is 310 g/mol. The van der Waals surface area contributed by atoms with Gasteiger partial charge in [0, 0.05) is 24.5 Å². The topological polar surface area (TPSA) is 49.3 Å². The average Bonchev–Trinajstić information content (AvgIpc) is 3.14. The second-order valence-corrected chi connectivity index (χ2v) is 6.13. The molecular weight excluding hydrogens is 296 g/mol. The quantitative estimate of drug-likeness (QED) is 0.728. The van der Waals surface area contributed by atoms with Crippen LogP contribution in [-0.2, 0) is 0 Å². The number of rotatable bonds is 2. The smallest absolute Gasteiger partial charge is 0.292 e. The number of anilines is 2. The fourth-order valence-electron chi connectivity index (χ4n) is 2.65. The summed E-state index contributed by atoms with van der Waals surface area (Å²) in [6.07, 6.45) is 1.75. The SMILES string of the molecule is Cc1ccc(N2CCN(c3ccc4ncsc4c3)C2=O)cn1. The van der Waals surface area contributed by atoms with Crippen LogP contribution in [0.3, 0.4) is 0 Å². The maximum Gasteiger partial charge on any atom is 0.329 e. The van der Waals surface area contributed by atoms with Crippen molar-refractivity contribution in [2.45, 2.75) is 6.92 Å². The highest BCUT2D eigenvalue weighted by molar-refractivity contribution is 7.16. The van der Waals surface area contributed by atoms with E-state index in [0.29, 0.717) is 13.1 Å². The van der Waals surface area contributed by atoms with E-state index in [1.807, 2.05) is 42.8 Å². The van der Waals surface area contributed by atoms with Gasteiger partial charge in [-0.05, 0) is 37.3 Å². The van der Waals surface area contributed by atoms with Gasteiger partial charge in [0.25, 0.3) is 0 Å². The van der Waals surface area contributed by atoms with Crippen LogP contribution in [0.2, 0.25) is 0 Å². The third-order valence-electron chi connectivity index (χ3n) is 3.84. The summed E-state index contributed by atoms with van der Waals surface area (Å²) in [4.78, 5) is 24.8. The minimum absolute atomic E-state index is 0.00508. The van der Waals surface area contributed by atoms with Gasteiger partial charge in [-0.3, -0.25) is 14.8 Å². The highest BCUT2D eigenvalue weighted by atomic mass is 32.1. The minimum atomic E-state index is -0.00508. The van der Waals surface area contributed by atoms with E-state index in [0.717, 1.165) is 27.3 Å². The minimum Gasteiger partial charge on any atom is -0.292 e. The largest absolute Gasteiger partial charge is 0.329 e. The molecule has 1 aliphatic heterocycles. The third-order valence-corrected chi connectivity index (χ3v) is 4.63. The highest BCUT2D eigenvalue weighted by Gasteiger charge is 2.30. The summed E-state index contributed by atoms with van der Waals surface area (Å²) in [7, 11) is 0. The standard InChI is InChI=1S/C16H14N4OS/c1-11-2-3-13(9-17-11)20-7-6-19(16(20)21)12-4-5-14-15(8-12)22-10-18-14/h2-5,8-10H,6-7H2,1H3. The summed E-state index contributed by atoms with van der Waals surface area (Å²) in [5.74, 6) is 0. The molecule has 0 saturated carbocycles. The van der Waals surface area contributed by atoms with Gasteiger partial charge in [-0.25, -0.2) is 9.78 Å². The van der Waals surface area contributed by atoms with Crippen LogP contribution in [0.25, 0.3) is 10.2 Å². The fourth-order valence-corrected chi connectivity index (χ4v) is 3.36. The van der Waals surface area contributed by atoms with Gasteiger partial charge in [-0.1, -0.05) is 0 Å². The molecule has 1 saturated heterocycles. The van der Waals surface area contributed by atoms with Crippen LogP contribution in [0.15, 0.2) is 42.0 Å². The van der Waals surface area contributed by atoms with E-state index < -0.39 is 0 Å². The van der Waals surface area contributed by atoms with Crippen molar-refractivity contribution in [3.63, 3.8) is 0 Å². The van der Waals surface area contributed by atoms with E-state index in [9.17, 15) is 4.79 Å². The number of thiazole rings is 1. The number of nitrogens with zero attached hydrogens (tertiary/aromatic N) is 4. The second-order valence-electron chi connectivity index (χ2n) is 5.25. The number of carbonyl (C=O) groups is 1. The Morgan fingerprint density at radius 2 is 1.82 bits per heavy atom. The molecule has 0 spiro atoms. The summed E-state index contributed by atoms with van der Waals surface area (Å²) >= 11 is 1.59. The van der Waals surface area contributed by atoms with E-state index in [-0.39, 0.29) is 6.03 Å². The van der Waals surface area contributed by atoms with Crippen molar-refractivity contribution in [1.82, 2.24) is 9.97 Å². The van der Waals surface area contributed by atoms with Crippen LogP contribution in [0.1, 0.15) is 5.69 Å². The molecule has 5 nitrogen and oxygen atoms in total. The number of aryl methyl sites for hydroxylation is 1. The summed E-state index contributed by atoms with van der Waals surface area (Å²) in [6, 6.07) is 9.81. The van der Waals surface area contributed by atoms with Crippen LogP contribution in [-0.4, -0.2) is 29.1 Å². The number of hydrogen-bond acceptors (Lipinski definition) is 4. The molecule has 0 aliphatic carbocycles. The zero-order chi connectivity index (χ0) is 15.1. The lowest BCUT2D eigenvalue weighted by atomic mass is 10.3. The number of carbonyl (C=O) groups excluding carboxylic acids is 1. The van der Waals surface area contributed by atoms with Gasteiger partial charge in [-0.2, -0.15) is 0 Å². The molecule has 6 heteroatoms. The molecular formula is C16H14N4OS. The number of aromatic nitrogens is 2. The van der Waals surface area contributed by atoms with E-state index in [2.05, 4.69) is 9.97 Å². The van der Waals surface area contributed by atoms with Crippen molar-refractivity contribution in [3.8, 4) is 0 Å². The third kappa shape index (κ3) is 2.12. The fraction of sp³-hybridized carbons (Fsp3) is 0.188. The van der Waals surface area contributed by atoms with Crippen molar-refractivity contribution >= 4 is 39.0 Å². The van der Waals surface area contributed by atoms with Crippen molar-refractivity contribution in [1.29, 1.82) is 0 Å². The molecule has 0 N–H and O–H groups in total. The first-order valence-corrected chi connectivity index (χ1v) is 7.95. The molecule has 1 aliphatic rings. The Morgan fingerprint density at radius 3 is 2.59 bits per heavy atom. The van der Waals surface area contributed by atoms with E-state index in [1.54, 1.807) is 27.3 Å². The molecule has 22 heavy (non-hydrogen) atoms. The number of fused-ring (bicyclic) bond motifs is 1. The first kappa shape index (κ1) is 13.2. The monoisotopic (exact) mass is 310 g/mol. The zero-order valence-corrected chi connectivity index (χ0v) is 12.9. The number of urea groups is 1. The van der Waals surface area contributed by atoms with Gasteiger partial charge in [0.2, 0.25) is 0 Å². The molecule has 3 aromatic rings. The van der Waals surface area contributed by atoms with Crippen molar-refractivity contribution < 1.29 is 4.79 Å². The number of amides is 2. The Morgan fingerprint density at radius 1 is 1.05 bits per heavy atom. The summed E-state index contributed by atoms with van der Waals surface area (Å²) < 4.78 is 1.10. The molecule has 3 heterocycles. The zero-order valence-electron chi connectivity index (χ0n) is 12.1. The first-order chi connectivity index (χ1) is 10.7. The van der Waals surface area contributed by atoms with Gasteiger partial charge in [0.15, 0.2) is 0 Å². The molecule has 2 aromatic heterocycles. The lowest BCUT2D eigenvalue weighted by molar-refractivity contribution is 0.256. The van der Waals surface area contributed by atoms with Crippen molar-refractivity contribution in [2.75, 3.05) is 22.9 Å². The van der Waals surface area contributed by atoms with Crippen LogP contribution >= 0.6 is 11.3 Å². The lowest BCUT2D eigenvalue weighted by Crippen LogP contribution is -2.31. The summed E-state index contributed by atoms with van der Waals surface area (Å²) in [5, 5.41) is 0. The van der Waals surface area contributed by atoms with Gasteiger partial charge in [-0.15, -0.1) is 11.3 Å². The predicted molar refractivity (Wildman–Crippen MR) is 88.7 cm³/mol.